The summed E-state index contributed by atoms with van der Waals surface area (Å²) in [6.07, 6.45) is -3.98. The van der Waals surface area contributed by atoms with Crippen LogP contribution in [0.5, 0.6) is 0 Å². The minimum absolute atomic E-state index is 1.93. The van der Waals surface area contributed by atoms with Gasteiger partial charge in [-0.25, -0.2) is 10.1 Å². The summed E-state index contributed by atoms with van der Waals surface area (Å²) in [5.74, 6) is 0. The lowest BCUT2D eigenvalue weighted by Crippen LogP contribution is -2.26. The Balaban J connectivity index is 3.14. The van der Waals surface area contributed by atoms with Crippen molar-refractivity contribution in [2.75, 3.05) is 0 Å². The molecule has 5 nitrogen and oxygen atoms in total. The van der Waals surface area contributed by atoms with E-state index < -0.39 is 12.6 Å². The molecule has 7 heavy (non-hydrogen) atoms. The predicted molar refractivity (Wildman–Crippen MR) is 17.9 cm³/mol. The fourth-order valence-electron chi connectivity index (χ4n) is 0.0544. The maximum atomic E-state index is 7.96. The maximum absolute atomic E-state index is 7.96. The first kappa shape index (κ1) is 6.80. The van der Waals surface area contributed by atoms with Gasteiger partial charge in [0, 0.05) is 0 Å². The van der Waals surface area contributed by atoms with Crippen molar-refractivity contribution in [1.29, 1.82) is 0 Å². The SMILES string of the molecule is OOC(O)C(O)O. The molecule has 0 spiro atoms. The van der Waals surface area contributed by atoms with Crippen molar-refractivity contribution in [3.05, 3.63) is 0 Å². The molecule has 0 rings (SSSR count). The zero-order valence-corrected chi connectivity index (χ0v) is 3.35. The maximum Gasteiger partial charge on any atom is 0.239 e. The molecule has 0 radical (unpaired) electrons. The molecule has 0 saturated heterocycles. The van der Waals surface area contributed by atoms with Crippen LogP contribution >= 0.6 is 0 Å². The number of aliphatic hydroxyl groups is 3. The highest BCUT2D eigenvalue weighted by molar-refractivity contribution is 4.33. The first-order valence-corrected chi connectivity index (χ1v) is 1.53. The smallest absolute Gasteiger partial charge is 0.239 e. The van der Waals surface area contributed by atoms with Crippen LogP contribution in [0.3, 0.4) is 0 Å². The lowest BCUT2D eigenvalue weighted by molar-refractivity contribution is -0.377. The van der Waals surface area contributed by atoms with E-state index in [0.29, 0.717) is 0 Å². The van der Waals surface area contributed by atoms with Gasteiger partial charge in [0.2, 0.25) is 12.6 Å². The standard InChI is InChI=1S/C2H6O5/c3-1(4)2(5)7-6/h1-6H. The lowest BCUT2D eigenvalue weighted by atomic mass is 10.6. The fourth-order valence-corrected chi connectivity index (χ4v) is 0.0544. The van der Waals surface area contributed by atoms with E-state index >= 15 is 0 Å². The van der Waals surface area contributed by atoms with E-state index in [1.54, 1.807) is 0 Å². The van der Waals surface area contributed by atoms with Crippen molar-refractivity contribution in [2.24, 2.45) is 0 Å². The summed E-state index contributed by atoms with van der Waals surface area (Å²) >= 11 is 0. The number of hydrogen-bond acceptors (Lipinski definition) is 5. The van der Waals surface area contributed by atoms with E-state index in [1.807, 2.05) is 0 Å². The molecular weight excluding hydrogens is 104 g/mol. The molecule has 0 bridgehead atoms. The Morgan fingerprint density at radius 3 is 1.57 bits per heavy atom. The van der Waals surface area contributed by atoms with Gasteiger partial charge in [-0.1, -0.05) is 0 Å². The first-order chi connectivity index (χ1) is 3.18. The summed E-state index contributed by atoms with van der Waals surface area (Å²) < 4.78 is 0. The Kier molecular flexibility index (Phi) is 2.81. The van der Waals surface area contributed by atoms with Gasteiger partial charge in [0.05, 0.1) is 0 Å². The van der Waals surface area contributed by atoms with Gasteiger partial charge in [0.1, 0.15) is 0 Å². The van der Waals surface area contributed by atoms with Gasteiger partial charge in [-0.2, -0.15) is 0 Å². The van der Waals surface area contributed by atoms with Crippen LogP contribution in [0.25, 0.3) is 0 Å². The zero-order chi connectivity index (χ0) is 5.86. The number of hydrogen-bond donors (Lipinski definition) is 4. The van der Waals surface area contributed by atoms with Crippen molar-refractivity contribution < 1.29 is 25.5 Å². The van der Waals surface area contributed by atoms with Gasteiger partial charge < -0.3 is 15.3 Å². The quantitative estimate of drug-likeness (QED) is 0.189. The normalized spacial score (nSPS) is 15.0. The van der Waals surface area contributed by atoms with Gasteiger partial charge in [-0.05, 0) is 0 Å². The lowest BCUT2D eigenvalue weighted by Gasteiger charge is -2.05. The molecule has 0 aromatic carbocycles. The molecule has 0 fully saturated rings. The van der Waals surface area contributed by atoms with Crippen LogP contribution < -0.4 is 0 Å². The molecule has 0 aromatic heterocycles. The molecule has 0 saturated carbocycles. The minimum atomic E-state index is -2.05. The van der Waals surface area contributed by atoms with Crippen LogP contribution in [-0.4, -0.2) is 33.2 Å². The molecule has 0 aromatic rings. The molecule has 5 heteroatoms. The van der Waals surface area contributed by atoms with Crippen LogP contribution in [0, 0.1) is 0 Å². The van der Waals surface area contributed by atoms with Crippen molar-refractivity contribution in [3.8, 4) is 0 Å². The van der Waals surface area contributed by atoms with Gasteiger partial charge >= 0.3 is 0 Å². The Morgan fingerprint density at radius 2 is 1.57 bits per heavy atom. The van der Waals surface area contributed by atoms with Gasteiger partial charge in [0.15, 0.2) is 0 Å². The largest absolute Gasteiger partial charge is 0.364 e. The third-order valence-electron chi connectivity index (χ3n) is 0.363. The highest BCUT2D eigenvalue weighted by Crippen LogP contribution is 1.85. The topological polar surface area (TPSA) is 90.2 Å². The second kappa shape index (κ2) is 2.89. The third-order valence-corrected chi connectivity index (χ3v) is 0.363. The summed E-state index contributed by atoms with van der Waals surface area (Å²) in [6, 6.07) is 0. The predicted octanol–water partition coefficient (Wildman–Crippen LogP) is -1.89. The van der Waals surface area contributed by atoms with Gasteiger partial charge in [-0.3, -0.25) is 0 Å². The molecule has 0 aliphatic carbocycles. The molecule has 0 heterocycles. The van der Waals surface area contributed by atoms with E-state index in [4.69, 9.17) is 20.6 Å². The Labute approximate surface area is 39.3 Å². The van der Waals surface area contributed by atoms with Crippen molar-refractivity contribution in [2.45, 2.75) is 12.6 Å². The number of rotatable bonds is 2. The summed E-state index contributed by atoms with van der Waals surface area (Å²) in [7, 11) is 0. The van der Waals surface area contributed by atoms with Gasteiger partial charge in [0.25, 0.3) is 0 Å². The van der Waals surface area contributed by atoms with Crippen molar-refractivity contribution in [1.82, 2.24) is 0 Å². The number of aliphatic hydroxyl groups excluding tert-OH is 2. The molecule has 4 N–H and O–H groups in total. The van der Waals surface area contributed by atoms with E-state index in [9.17, 15) is 0 Å². The van der Waals surface area contributed by atoms with Crippen molar-refractivity contribution >= 4 is 0 Å². The molecule has 44 valence electrons. The first-order valence-electron chi connectivity index (χ1n) is 1.53. The second-order valence-electron chi connectivity index (χ2n) is 0.910. The average molecular weight is 110 g/mol. The second-order valence-corrected chi connectivity index (χ2v) is 0.910. The summed E-state index contributed by atoms with van der Waals surface area (Å²) in [5, 5.41) is 31.1. The minimum Gasteiger partial charge on any atom is -0.364 e. The van der Waals surface area contributed by atoms with Crippen LogP contribution in [0.15, 0.2) is 0 Å². The van der Waals surface area contributed by atoms with E-state index in [1.165, 1.54) is 0 Å². The highest BCUT2D eigenvalue weighted by Gasteiger charge is 2.10. The molecule has 0 aliphatic heterocycles. The van der Waals surface area contributed by atoms with E-state index in [0.717, 1.165) is 0 Å². The van der Waals surface area contributed by atoms with Crippen LogP contribution in [0.1, 0.15) is 0 Å². The summed E-state index contributed by atoms with van der Waals surface area (Å²) in [6.45, 7) is 0. The zero-order valence-electron chi connectivity index (χ0n) is 3.35. The fraction of sp³-hybridized carbons (Fsp3) is 1.00. The molecule has 0 amide bonds. The molecule has 1 unspecified atom stereocenters. The van der Waals surface area contributed by atoms with E-state index in [2.05, 4.69) is 4.89 Å². The summed E-state index contributed by atoms with van der Waals surface area (Å²) in [4.78, 5) is 3.07. The van der Waals surface area contributed by atoms with Crippen molar-refractivity contribution in [3.63, 3.8) is 0 Å². The molecule has 0 aliphatic rings. The highest BCUT2D eigenvalue weighted by atomic mass is 17.1. The Hall–Kier alpha value is -0.200. The summed E-state index contributed by atoms with van der Waals surface area (Å²) in [5.41, 5.74) is 0. The average Bonchev–Trinajstić information content (AvgIpc) is 1.65. The Morgan fingerprint density at radius 1 is 1.14 bits per heavy atom. The van der Waals surface area contributed by atoms with Gasteiger partial charge in [-0.15, -0.1) is 0 Å². The van der Waals surface area contributed by atoms with Crippen LogP contribution in [0.4, 0.5) is 0 Å². The molecule has 1 atom stereocenters. The van der Waals surface area contributed by atoms with E-state index in [-0.39, 0.29) is 0 Å². The van der Waals surface area contributed by atoms with Crippen LogP contribution in [-0.2, 0) is 4.89 Å². The monoisotopic (exact) mass is 110 g/mol. The van der Waals surface area contributed by atoms with Crippen LogP contribution in [0.2, 0.25) is 0 Å². The Bertz CT molecular complexity index is 43.3. The third kappa shape index (κ3) is 2.49. The molecular formula is C2H6O5.